The maximum atomic E-state index is 14.5. The van der Waals surface area contributed by atoms with Gasteiger partial charge in [0.15, 0.2) is 46.5 Å². The van der Waals surface area contributed by atoms with E-state index in [9.17, 15) is 45.3 Å². The van der Waals surface area contributed by atoms with Crippen LogP contribution in [0.15, 0.2) is 24.3 Å². The normalized spacial score (nSPS) is 11.6. The monoisotopic (exact) mass is 430 g/mol. The van der Waals surface area contributed by atoms with Crippen molar-refractivity contribution >= 4 is 21.5 Å². The second-order valence-corrected chi connectivity index (χ2v) is 6.28. The third-order valence-electron chi connectivity index (χ3n) is 4.68. The zero-order valence-corrected chi connectivity index (χ0v) is 14.2. The molecule has 10 heteroatoms. The van der Waals surface area contributed by atoms with Crippen molar-refractivity contribution in [2.75, 3.05) is 0 Å². The molecule has 0 spiro atoms. The van der Waals surface area contributed by atoms with Gasteiger partial charge in [0, 0.05) is 32.7 Å². The van der Waals surface area contributed by atoms with Crippen molar-refractivity contribution in [3.63, 3.8) is 0 Å². The minimum atomic E-state index is -2.28. The van der Waals surface area contributed by atoms with Gasteiger partial charge in [0.1, 0.15) is 11.5 Å². The molecule has 4 aromatic rings. The first kappa shape index (κ1) is 19.7. The summed E-state index contributed by atoms with van der Waals surface area (Å²) in [7, 11) is 0. The van der Waals surface area contributed by atoms with Gasteiger partial charge in [-0.05, 0) is 24.3 Å². The molecule has 30 heavy (non-hydrogen) atoms. The quantitative estimate of drug-likeness (QED) is 0.215. The largest absolute Gasteiger partial charge is 0.507 e. The smallest absolute Gasteiger partial charge is 0.198 e. The average Bonchev–Trinajstić information content (AvgIpc) is 2.73. The molecule has 154 valence electrons. The van der Waals surface area contributed by atoms with E-state index in [2.05, 4.69) is 0 Å². The summed E-state index contributed by atoms with van der Waals surface area (Å²) >= 11 is 0. The predicted molar refractivity (Wildman–Crippen MR) is 89.9 cm³/mol. The molecule has 0 saturated carbocycles. The molecule has 0 fully saturated rings. The second-order valence-electron chi connectivity index (χ2n) is 6.28. The van der Waals surface area contributed by atoms with Crippen LogP contribution in [0.5, 0.6) is 11.5 Å². The molecular weight excluding hydrogens is 424 g/mol. The van der Waals surface area contributed by atoms with Crippen LogP contribution in [0.1, 0.15) is 0 Å². The van der Waals surface area contributed by atoms with E-state index >= 15 is 0 Å². The summed E-state index contributed by atoms with van der Waals surface area (Å²) in [6.07, 6.45) is 0. The van der Waals surface area contributed by atoms with E-state index in [0.717, 1.165) is 0 Å². The van der Waals surface area contributed by atoms with Gasteiger partial charge in [0.25, 0.3) is 0 Å². The summed E-state index contributed by atoms with van der Waals surface area (Å²) in [6, 6.07) is 2.72. The number of hydrogen-bond acceptors (Lipinski definition) is 2. The molecule has 0 heterocycles. The Balaban J connectivity index is 2.34. The van der Waals surface area contributed by atoms with Crippen molar-refractivity contribution in [1.82, 2.24) is 0 Å². The Kier molecular flexibility index (Phi) is 4.26. The first-order chi connectivity index (χ1) is 14.1. The van der Waals surface area contributed by atoms with E-state index in [1.165, 1.54) is 0 Å². The summed E-state index contributed by atoms with van der Waals surface area (Å²) in [5.41, 5.74) is -1.98. The summed E-state index contributed by atoms with van der Waals surface area (Å²) in [6.45, 7) is 0. The summed E-state index contributed by atoms with van der Waals surface area (Å²) in [4.78, 5) is 0. The molecule has 0 aliphatic carbocycles. The highest BCUT2D eigenvalue weighted by Gasteiger charge is 2.29. The standard InChI is InChI=1S/C20H6F8O2/c21-13-5-1-3-7(29)11(9(5)15(23)19(27)17(13)25)12-8(30)4-2-6-10(12)16(24)20(28)18(26)14(6)22/h1-4,29-30H. The number of fused-ring (bicyclic) bond motifs is 2. The highest BCUT2D eigenvalue weighted by Crippen LogP contribution is 2.47. The molecule has 0 aliphatic heterocycles. The number of aromatic hydroxyl groups is 2. The van der Waals surface area contributed by atoms with E-state index in [0.29, 0.717) is 24.3 Å². The number of halogens is 8. The van der Waals surface area contributed by atoms with Gasteiger partial charge in [-0.15, -0.1) is 0 Å². The Morgan fingerprint density at radius 2 is 0.700 bits per heavy atom. The lowest BCUT2D eigenvalue weighted by Gasteiger charge is -2.16. The fraction of sp³-hybridized carbons (Fsp3) is 0. The summed E-state index contributed by atoms with van der Waals surface area (Å²) in [5.74, 6) is -18.7. The lowest BCUT2D eigenvalue weighted by atomic mass is 9.91. The van der Waals surface area contributed by atoms with Crippen molar-refractivity contribution in [3.05, 3.63) is 70.8 Å². The van der Waals surface area contributed by atoms with Gasteiger partial charge in [-0.1, -0.05) is 0 Å². The van der Waals surface area contributed by atoms with Crippen LogP contribution < -0.4 is 0 Å². The van der Waals surface area contributed by atoms with Crippen molar-refractivity contribution in [2.45, 2.75) is 0 Å². The van der Waals surface area contributed by atoms with Crippen LogP contribution in [0.2, 0.25) is 0 Å². The summed E-state index contributed by atoms with van der Waals surface area (Å²) < 4.78 is 112. The van der Waals surface area contributed by atoms with Crippen LogP contribution in [0.25, 0.3) is 32.7 Å². The highest BCUT2D eigenvalue weighted by molar-refractivity contribution is 6.10. The maximum absolute atomic E-state index is 14.5. The third-order valence-corrected chi connectivity index (χ3v) is 4.68. The van der Waals surface area contributed by atoms with Crippen LogP contribution in [-0.4, -0.2) is 10.2 Å². The number of benzene rings is 4. The lowest BCUT2D eigenvalue weighted by Crippen LogP contribution is -2.02. The minimum Gasteiger partial charge on any atom is -0.507 e. The van der Waals surface area contributed by atoms with E-state index in [1.807, 2.05) is 0 Å². The Hall–Kier alpha value is -3.56. The second kappa shape index (κ2) is 6.48. The molecule has 0 saturated heterocycles. The highest BCUT2D eigenvalue weighted by atomic mass is 19.2. The van der Waals surface area contributed by atoms with Crippen molar-refractivity contribution in [3.8, 4) is 22.6 Å². The van der Waals surface area contributed by atoms with Crippen molar-refractivity contribution in [1.29, 1.82) is 0 Å². The first-order valence-corrected chi connectivity index (χ1v) is 8.03. The van der Waals surface area contributed by atoms with Gasteiger partial charge in [-0.3, -0.25) is 0 Å². The molecule has 2 N–H and O–H groups in total. The van der Waals surface area contributed by atoms with Crippen molar-refractivity contribution in [2.24, 2.45) is 0 Å². The van der Waals surface area contributed by atoms with Crippen LogP contribution in [0, 0.1) is 46.5 Å². The zero-order chi connectivity index (χ0) is 22.1. The Bertz CT molecular complexity index is 1290. The van der Waals surface area contributed by atoms with E-state index in [4.69, 9.17) is 0 Å². The lowest BCUT2D eigenvalue weighted by molar-refractivity contribution is 0.417. The van der Waals surface area contributed by atoms with E-state index in [1.54, 1.807) is 0 Å². The topological polar surface area (TPSA) is 40.5 Å². The number of phenolic OH excluding ortho intramolecular Hbond substituents is 2. The Morgan fingerprint density at radius 1 is 0.400 bits per heavy atom. The van der Waals surface area contributed by atoms with Gasteiger partial charge in [0.2, 0.25) is 0 Å². The van der Waals surface area contributed by atoms with Crippen LogP contribution in [0.3, 0.4) is 0 Å². The van der Waals surface area contributed by atoms with E-state index < -0.39 is 90.7 Å². The molecular formula is C20H6F8O2. The van der Waals surface area contributed by atoms with Gasteiger partial charge in [-0.25, -0.2) is 35.1 Å². The summed E-state index contributed by atoms with van der Waals surface area (Å²) in [5, 5.41) is 16.3. The zero-order valence-electron chi connectivity index (χ0n) is 14.2. The molecule has 0 aromatic heterocycles. The van der Waals surface area contributed by atoms with Crippen LogP contribution >= 0.6 is 0 Å². The number of rotatable bonds is 1. The fourth-order valence-electron chi connectivity index (χ4n) is 3.35. The molecule has 0 bridgehead atoms. The predicted octanol–water partition coefficient (Wildman–Crippen LogP) is 6.18. The number of phenols is 2. The van der Waals surface area contributed by atoms with Gasteiger partial charge in [0.05, 0.1) is 0 Å². The Labute approximate surface area is 161 Å². The molecule has 0 atom stereocenters. The van der Waals surface area contributed by atoms with Crippen LogP contribution in [0.4, 0.5) is 35.1 Å². The molecule has 0 amide bonds. The third kappa shape index (κ3) is 2.42. The fourth-order valence-corrected chi connectivity index (χ4v) is 3.35. The average molecular weight is 430 g/mol. The van der Waals surface area contributed by atoms with E-state index in [-0.39, 0.29) is 0 Å². The molecule has 0 radical (unpaired) electrons. The SMILES string of the molecule is Oc1ccc2c(F)c(F)c(F)c(F)c2c1-c1c(O)ccc2c(F)c(F)c(F)c(F)c12. The Morgan fingerprint density at radius 3 is 1.03 bits per heavy atom. The van der Waals surface area contributed by atoms with Crippen LogP contribution in [-0.2, 0) is 0 Å². The molecule has 4 aromatic carbocycles. The molecule has 0 aliphatic rings. The minimum absolute atomic E-state index is 0.675. The van der Waals surface area contributed by atoms with Gasteiger partial charge < -0.3 is 10.2 Å². The number of hydrogen-bond donors (Lipinski definition) is 2. The first-order valence-electron chi connectivity index (χ1n) is 8.03. The molecule has 4 rings (SSSR count). The van der Waals surface area contributed by atoms with Crippen molar-refractivity contribution < 1.29 is 45.3 Å². The maximum Gasteiger partial charge on any atom is 0.198 e. The molecule has 0 unspecified atom stereocenters. The van der Waals surface area contributed by atoms with Gasteiger partial charge in [-0.2, -0.15) is 0 Å². The van der Waals surface area contributed by atoms with Gasteiger partial charge >= 0.3 is 0 Å². The molecule has 2 nitrogen and oxygen atoms in total.